The zero-order valence-corrected chi connectivity index (χ0v) is 16.0. The van der Waals surface area contributed by atoms with Crippen LogP contribution in [-0.2, 0) is 5.54 Å². The molecule has 1 atom stereocenters. The third-order valence-corrected chi connectivity index (χ3v) is 5.13. The summed E-state index contributed by atoms with van der Waals surface area (Å²) in [6.45, 7) is 2.49. The molecule has 0 aliphatic carbocycles. The van der Waals surface area contributed by atoms with Crippen LogP contribution in [0, 0.1) is 0 Å². The number of aliphatic hydroxyl groups is 1. The van der Waals surface area contributed by atoms with Crippen molar-refractivity contribution in [3.63, 3.8) is 0 Å². The lowest BCUT2D eigenvalue weighted by Gasteiger charge is -2.39. The Hall–Kier alpha value is -2.42. The van der Waals surface area contributed by atoms with Crippen molar-refractivity contribution in [2.45, 2.75) is 37.8 Å². The van der Waals surface area contributed by atoms with Crippen molar-refractivity contribution in [2.75, 3.05) is 6.61 Å². The molecule has 0 saturated heterocycles. The first-order valence-corrected chi connectivity index (χ1v) is 9.82. The predicted molar refractivity (Wildman–Crippen MR) is 113 cm³/mol. The minimum atomic E-state index is -0.414. The maximum Gasteiger partial charge on any atom is 0.0949 e. The van der Waals surface area contributed by atoms with E-state index in [-0.39, 0.29) is 6.61 Å². The van der Waals surface area contributed by atoms with E-state index in [9.17, 15) is 0 Å². The molecule has 3 aromatic carbocycles. The average molecular weight is 360 g/mol. The van der Waals surface area contributed by atoms with E-state index in [2.05, 4.69) is 103 Å². The van der Waals surface area contributed by atoms with E-state index < -0.39 is 5.54 Å². The maximum absolute atomic E-state index is 9.13. The Morgan fingerprint density at radius 3 is 1.48 bits per heavy atom. The van der Waals surface area contributed by atoms with Gasteiger partial charge in [0.1, 0.15) is 0 Å². The first kappa shape index (κ1) is 19.3. The van der Waals surface area contributed by atoms with Gasteiger partial charge < -0.3 is 5.11 Å². The summed E-state index contributed by atoms with van der Waals surface area (Å²) in [5.74, 6) is 0. The second-order valence-corrected chi connectivity index (χ2v) is 7.11. The highest BCUT2D eigenvalue weighted by molar-refractivity contribution is 5.49. The van der Waals surface area contributed by atoms with Gasteiger partial charge in [-0.1, -0.05) is 91.0 Å². The maximum atomic E-state index is 9.13. The summed E-state index contributed by atoms with van der Waals surface area (Å²) in [5, 5.41) is 13.1. The number of benzene rings is 3. The van der Waals surface area contributed by atoms with Gasteiger partial charge in [0.15, 0.2) is 0 Å². The van der Waals surface area contributed by atoms with Crippen LogP contribution < -0.4 is 5.32 Å². The summed E-state index contributed by atoms with van der Waals surface area (Å²) in [7, 11) is 0. The second kappa shape index (κ2) is 9.50. The first-order valence-electron chi connectivity index (χ1n) is 9.82. The van der Waals surface area contributed by atoms with Crippen LogP contribution in [-0.4, -0.2) is 17.8 Å². The van der Waals surface area contributed by atoms with E-state index in [1.807, 2.05) is 0 Å². The van der Waals surface area contributed by atoms with Gasteiger partial charge in [-0.3, -0.25) is 5.32 Å². The van der Waals surface area contributed by atoms with E-state index in [0.29, 0.717) is 6.04 Å². The largest absolute Gasteiger partial charge is 0.396 e. The molecule has 0 aromatic heterocycles. The van der Waals surface area contributed by atoms with Crippen LogP contribution in [0.5, 0.6) is 0 Å². The van der Waals surface area contributed by atoms with Crippen molar-refractivity contribution in [1.29, 1.82) is 0 Å². The lowest BCUT2D eigenvalue weighted by Crippen LogP contribution is -2.48. The highest BCUT2D eigenvalue weighted by Crippen LogP contribution is 2.37. The molecule has 2 nitrogen and oxygen atoms in total. The molecule has 3 rings (SSSR count). The summed E-state index contributed by atoms with van der Waals surface area (Å²) in [6.07, 6.45) is 2.88. The molecule has 27 heavy (non-hydrogen) atoms. The summed E-state index contributed by atoms with van der Waals surface area (Å²) in [6, 6.07) is 32.3. The smallest absolute Gasteiger partial charge is 0.0949 e. The monoisotopic (exact) mass is 359 g/mol. The minimum absolute atomic E-state index is 0.258. The number of hydrogen-bond acceptors (Lipinski definition) is 2. The minimum Gasteiger partial charge on any atom is -0.396 e. The van der Waals surface area contributed by atoms with Crippen molar-refractivity contribution in [1.82, 2.24) is 5.32 Å². The van der Waals surface area contributed by atoms with Gasteiger partial charge in [-0.15, -0.1) is 0 Å². The van der Waals surface area contributed by atoms with Gasteiger partial charge in [0, 0.05) is 12.6 Å². The van der Waals surface area contributed by atoms with Crippen molar-refractivity contribution < 1.29 is 5.11 Å². The number of hydrogen-bond donors (Lipinski definition) is 2. The van der Waals surface area contributed by atoms with Gasteiger partial charge in [0.25, 0.3) is 0 Å². The standard InChI is InChI=1S/C25H29NO/c1-21(13-11-12-20-27)26-25(22-14-5-2-6-15-22,23-16-7-3-8-17-23)24-18-9-4-10-19-24/h2-10,14-19,21,26-27H,11-13,20H2,1H3. The van der Waals surface area contributed by atoms with Crippen LogP contribution in [0.1, 0.15) is 42.9 Å². The van der Waals surface area contributed by atoms with Crippen molar-refractivity contribution in [2.24, 2.45) is 0 Å². The van der Waals surface area contributed by atoms with Gasteiger partial charge in [-0.05, 0) is 42.9 Å². The number of aliphatic hydroxyl groups excluding tert-OH is 1. The van der Waals surface area contributed by atoms with Crippen LogP contribution >= 0.6 is 0 Å². The summed E-state index contributed by atoms with van der Waals surface area (Å²) in [4.78, 5) is 0. The van der Waals surface area contributed by atoms with E-state index in [1.165, 1.54) is 16.7 Å². The van der Waals surface area contributed by atoms with E-state index in [1.54, 1.807) is 0 Å². The molecule has 0 radical (unpaired) electrons. The van der Waals surface area contributed by atoms with Crippen LogP contribution in [0.25, 0.3) is 0 Å². The Morgan fingerprint density at radius 2 is 1.11 bits per heavy atom. The molecule has 140 valence electrons. The number of rotatable bonds is 9. The van der Waals surface area contributed by atoms with Gasteiger partial charge in [0.05, 0.1) is 5.54 Å². The number of nitrogens with one attached hydrogen (secondary N) is 1. The third kappa shape index (κ3) is 4.47. The third-order valence-electron chi connectivity index (χ3n) is 5.13. The molecule has 2 heteroatoms. The Morgan fingerprint density at radius 1 is 0.704 bits per heavy atom. The molecule has 2 N–H and O–H groups in total. The van der Waals surface area contributed by atoms with E-state index in [0.717, 1.165) is 19.3 Å². The van der Waals surface area contributed by atoms with Gasteiger partial charge in [-0.2, -0.15) is 0 Å². The lowest BCUT2D eigenvalue weighted by molar-refractivity contribution is 0.277. The SMILES string of the molecule is CC(CCCCO)NC(c1ccccc1)(c1ccccc1)c1ccccc1. The summed E-state index contributed by atoms with van der Waals surface area (Å²) in [5.41, 5.74) is 3.28. The number of unbranched alkanes of at least 4 members (excludes halogenated alkanes) is 1. The fourth-order valence-corrected chi connectivity index (χ4v) is 3.82. The normalized spacial score (nSPS) is 12.7. The van der Waals surface area contributed by atoms with Crippen LogP contribution in [0.3, 0.4) is 0 Å². The molecule has 0 aliphatic heterocycles. The molecule has 3 aromatic rings. The van der Waals surface area contributed by atoms with Crippen molar-refractivity contribution in [3.05, 3.63) is 108 Å². The zero-order chi connectivity index (χ0) is 19.0. The fraction of sp³-hybridized carbons (Fsp3) is 0.280. The first-order chi connectivity index (χ1) is 13.3. The lowest BCUT2D eigenvalue weighted by atomic mass is 9.76. The van der Waals surface area contributed by atoms with E-state index >= 15 is 0 Å². The molecular weight excluding hydrogens is 330 g/mol. The highest BCUT2D eigenvalue weighted by Gasteiger charge is 2.36. The van der Waals surface area contributed by atoms with Crippen molar-refractivity contribution >= 4 is 0 Å². The Balaban J connectivity index is 2.11. The van der Waals surface area contributed by atoms with Crippen LogP contribution in [0.2, 0.25) is 0 Å². The van der Waals surface area contributed by atoms with Gasteiger partial charge in [-0.25, -0.2) is 0 Å². The molecule has 0 saturated carbocycles. The molecule has 0 heterocycles. The molecular formula is C25H29NO. The fourth-order valence-electron chi connectivity index (χ4n) is 3.82. The second-order valence-electron chi connectivity index (χ2n) is 7.11. The quantitative estimate of drug-likeness (QED) is 0.410. The summed E-state index contributed by atoms with van der Waals surface area (Å²) < 4.78 is 0. The predicted octanol–water partition coefficient (Wildman–Crippen LogP) is 5.12. The van der Waals surface area contributed by atoms with Crippen LogP contribution in [0.15, 0.2) is 91.0 Å². The Kier molecular flexibility index (Phi) is 6.80. The zero-order valence-electron chi connectivity index (χ0n) is 16.0. The molecule has 1 unspecified atom stereocenters. The van der Waals surface area contributed by atoms with Crippen LogP contribution in [0.4, 0.5) is 0 Å². The molecule has 0 bridgehead atoms. The van der Waals surface area contributed by atoms with E-state index in [4.69, 9.17) is 5.11 Å². The summed E-state index contributed by atoms with van der Waals surface area (Å²) >= 11 is 0. The molecule has 0 aliphatic rings. The van der Waals surface area contributed by atoms with Gasteiger partial charge >= 0.3 is 0 Å². The average Bonchev–Trinajstić information content (AvgIpc) is 2.74. The molecule has 0 spiro atoms. The Labute approximate surface area is 162 Å². The molecule has 0 fully saturated rings. The molecule has 0 amide bonds. The topological polar surface area (TPSA) is 32.3 Å². The highest BCUT2D eigenvalue weighted by atomic mass is 16.2. The van der Waals surface area contributed by atoms with Crippen molar-refractivity contribution in [3.8, 4) is 0 Å². The van der Waals surface area contributed by atoms with Gasteiger partial charge in [0.2, 0.25) is 0 Å². The Bertz CT molecular complexity index is 690.